The number of rotatable bonds is 5. The molecule has 19 heavy (non-hydrogen) atoms. The Morgan fingerprint density at radius 1 is 1.21 bits per heavy atom. The lowest BCUT2D eigenvalue weighted by Gasteiger charge is -2.11. The number of hydrogen-bond donors (Lipinski definition) is 1. The van der Waals surface area contributed by atoms with Crippen LogP contribution in [-0.2, 0) is 13.0 Å². The van der Waals surface area contributed by atoms with Gasteiger partial charge in [0, 0.05) is 10.2 Å². The summed E-state index contributed by atoms with van der Waals surface area (Å²) < 4.78 is 6.91. The monoisotopic (exact) mass is 317 g/mol. The number of halogens is 1. The van der Waals surface area contributed by atoms with E-state index in [1.807, 2.05) is 48.5 Å². The molecule has 0 fully saturated rings. The first-order valence-corrected chi connectivity index (χ1v) is 6.85. The van der Waals surface area contributed by atoms with Gasteiger partial charge >= 0.3 is 0 Å². The molecule has 2 rings (SSSR count). The lowest BCUT2D eigenvalue weighted by molar-refractivity contribution is 0.303. The van der Waals surface area contributed by atoms with Gasteiger partial charge in [0.25, 0.3) is 0 Å². The second kappa shape index (κ2) is 6.43. The standard InChI is InChI=1S/C16H16BrNO/c1-2-4-13-10-15(18)7-8-16(13)19-11-12-5-3-6-14(17)9-12/h2-3,5-10H,1,4,11,18H2. The van der Waals surface area contributed by atoms with Gasteiger partial charge in [0.1, 0.15) is 12.4 Å². The Hall–Kier alpha value is -1.74. The van der Waals surface area contributed by atoms with E-state index < -0.39 is 0 Å². The van der Waals surface area contributed by atoms with Gasteiger partial charge in [0.15, 0.2) is 0 Å². The predicted octanol–water partition coefficient (Wildman–Crippen LogP) is 4.34. The summed E-state index contributed by atoms with van der Waals surface area (Å²) in [4.78, 5) is 0. The third-order valence-corrected chi connectivity index (χ3v) is 3.23. The normalized spacial score (nSPS) is 10.2. The van der Waals surface area contributed by atoms with Crippen molar-refractivity contribution in [3.63, 3.8) is 0 Å². The van der Waals surface area contributed by atoms with Crippen LogP contribution in [0.1, 0.15) is 11.1 Å². The largest absolute Gasteiger partial charge is 0.489 e. The molecule has 3 heteroatoms. The van der Waals surface area contributed by atoms with E-state index >= 15 is 0 Å². The molecule has 2 N–H and O–H groups in total. The lowest BCUT2D eigenvalue weighted by Crippen LogP contribution is -1.99. The molecular formula is C16H16BrNO. The van der Waals surface area contributed by atoms with Crippen LogP contribution in [0.25, 0.3) is 0 Å². The third-order valence-electron chi connectivity index (χ3n) is 2.73. The molecule has 0 unspecified atom stereocenters. The molecule has 0 aliphatic carbocycles. The molecule has 0 atom stereocenters. The molecular weight excluding hydrogens is 302 g/mol. The van der Waals surface area contributed by atoms with Crippen LogP contribution >= 0.6 is 15.9 Å². The summed E-state index contributed by atoms with van der Waals surface area (Å²) >= 11 is 3.45. The fourth-order valence-corrected chi connectivity index (χ4v) is 2.29. The van der Waals surface area contributed by atoms with Gasteiger partial charge in [-0.25, -0.2) is 0 Å². The fraction of sp³-hybridized carbons (Fsp3) is 0.125. The van der Waals surface area contributed by atoms with Gasteiger partial charge in [-0.1, -0.05) is 34.1 Å². The minimum Gasteiger partial charge on any atom is -0.489 e. The average Bonchev–Trinajstić information content (AvgIpc) is 2.38. The SMILES string of the molecule is C=CCc1cc(N)ccc1OCc1cccc(Br)c1. The van der Waals surface area contributed by atoms with Crippen molar-refractivity contribution in [2.24, 2.45) is 0 Å². The molecule has 0 radical (unpaired) electrons. The number of allylic oxidation sites excluding steroid dienone is 1. The number of hydrogen-bond acceptors (Lipinski definition) is 2. The van der Waals surface area contributed by atoms with Crippen molar-refractivity contribution >= 4 is 21.6 Å². The van der Waals surface area contributed by atoms with Crippen molar-refractivity contribution in [3.05, 3.63) is 70.7 Å². The fourth-order valence-electron chi connectivity index (χ4n) is 1.84. The highest BCUT2D eigenvalue weighted by atomic mass is 79.9. The molecule has 98 valence electrons. The summed E-state index contributed by atoms with van der Waals surface area (Å²) in [7, 11) is 0. The Labute approximate surface area is 122 Å². The summed E-state index contributed by atoms with van der Waals surface area (Å²) in [6.07, 6.45) is 2.60. The Morgan fingerprint density at radius 3 is 2.79 bits per heavy atom. The first-order valence-electron chi connectivity index (χ1n) is 6.05. The minimum atomic E-state index is 0.535. The van der Waals surface area contributed by atoms with E-state index in [0.29, 0.717) is 6.61 Å². The van der Waals surface area contributed by atoms with Crippen LogP contribution in [0.15, 0.2) is 59.6 Å². The van der Waals surface area contributed by atoms with Crippen LogP contribution in [-0.4, -0.2) is 0 Å². The summed E-state index contributed by atoms with van der Waals surface area (Å²) in [5.41, 5.74) is 8.71. The summed E-state index contributed by atoms with van der Waals surface area (Å²) in [5, 5.41) is 0. The number of benzene rings is 2. The zero-order chi connectivity index (χ0) is 13.7. The van der Waals surface area contributed by atoms with Gasteiger partial charge < -0.3 is 10.5 Å². The lowest BCUT2D eigenvalue weighted by atomic mass is 10.1. The molecule has 0 saturated heterocycles. The van der Waals surface area contributed by atoms with Gasteiger partial charge in [0.2, 0.25) is 0 Å². The Kier molecular flexibility index (Phi) is 4.63. The molecule has 0 aliphatic heterocycles. The number of nitrogens with two attached hydrogens (primary N) is 1. The van der Waals surface area contributed by atoms with E-state index in [-0.39, 0.29) is 0 Å². The Morgan fingerprint density at radius 2 is 2.05 bits per heavy atom. The van der Waals surface area contributed by atoms with Crippen LogP contribution in [0.2, 0.25) is 0 Å². The number of anilines is 1. The van der Waals surface area contributed by atoms with Crippen molar-refractivity contribution < 1.29 is 4.74 Å². The van der Waals surface area contributed by atoms with Crippen LogP contribution in [0.5, 0.6) is 5.75 Å². The van der Waals surface area contributed by atoms with Crippen LogP contribution in [0, 0.1) is 0 Å². The van der Waals surface area contributed by atoms with Gasteiger partial charge in [-0.2, -0.15) is 0 Å². The van der Waals surface area contributed by atoms with Gasteiger partial charge in [-0.05, 0) is 47.9 Å². The number of nitrogen functional groups attached to an aromatic ring is 1. The van der Waals surface area contributed by atoms with E-state index in [1.54, 1.807) is 0 Å². The molecule has 0 spiro atoms. The van der Waals surface area contributed by atoms with Crippen molar-refractivity contribution in [2.45, 2.75) is 13.0 Å². The molecule has 0 aliphatic rings. The average molecular weight is 318 g/mol. The molecule has 0 bridgehead atoms. The van der Waals surface area contributed by atoms with E-state index in [2.05, 4.69) is 22.5 Å². The highest BCUT2D eigenvalue weighted by Crippen LogP contribution is 2.23. The van der Waals surface area contributed by atoms with Crippen molar-refractivity contribution in [1.29, 1.82) is 0 Å². The maximum atomic E-state index is 5.86. The van der Waals surface area contributed by atoms with Crippen LogP contribution < -0.4 is 10.5 Å². The summed E-state index contributed by atoms with van der Waals surface area (Å²) in [5.74, 6) is 0.856. The highest BCUT2D eigenvalue weighted by molar-refractivity contribution is 9.10. The first kappa shape index (κ1) is 13.7. The molecule has 2 aromatic rings. The Balaban J connectivity index is 2.12. The predicted molar refractivity (Wildman–Crippen MR) is 83.2 cm³/mol. The van der Waals surface area contributed by atoms with Gasteiger partial charge in [0.05, 0.1) is 0 Å². The first-order chi connectivity index (χ1) is 9.19. The zero-order valence-electron chi connectivity index (χ0n) is 10.6. The van der Waals surface area contributed by atoms with Crippen molar-refractivity contribution in [1.82, 2.24) is 0 Å². The van der Waals surface area contributed by atoms with Crippen LogP contribution in [0.4, 0.5) is 5.69 Å². The second-order valence-electron chi connectivity index (χ2n) is 4.28. The van der Waals surface area contributed by atoms with Crippen molar-refractivity contribution in [2.75, 3.05) is 5.73 Å². The molecule has 0 heterocycles. The van der Waals surface area contributed by atoms with Gasteiger partial charge in [-0.3, -0.25) is 0 Å². The van der Waals surface area contributed by atoms with E-state index in [4.69, 9.17) is 10.5 Å². The zero-order valence-corrected chi connectivity index (χ0v) is 12.2. The Bertz CT molecular complexity index is 581. The quantitative estimate of drug-likeness (QED) is 0.657. The number of ether oxygens (including phenoxy) is 1. The summed E-state index contributed by atoms with van der Waals surface area (Å²) in [6.45, 7) is 4.29. The topological polar surface area (TPSA) is 35.2 Å². The highest BCUT2D eigenvalue weighted by Gasteiger charge is 2.04. The van der Waals surface area contributed by atoms with E-state index in [1.165, 1.54) is 0 Å². The van der Waals surface area contributed by atoms with E-state index in [0.717, 1.165) is 33.5 Å². The molecule has 2 nitrogen and oxygen atoms in total. The third kappa shape index (κ3) is 3.86. The van der Waals surface area contributed by atoms with Crippen molar-refractivity contribution in [3.8, 4) is 5.75 Å². The maximum absolute atomic E-state index is 5.86. The van der Waals surface area contributed by atoms with Crippen LogP contribution in [0.3, 0.4) is 0 Å². The van der Waals surface area contributed by atoms with Gasteiger partial charge in [-0.15, -0.1) is 6.58 Å². The molecule has 0 aromatic heterocycles. The minimum absolute atomic E-state index is 0.535. The maximum Gasteiger partial charge on any atom is 0.123 e. The molecule has 0 amide bonds. The molecule has 0 saturated carbocycles. The second-order valence-corrected chi connectivity index (χ2v) is 5.19. The van der Waals surface area contributed by atoms with E-state index in [9.17, 15) is 0 Å². The summed E-state index contributed by atoms with van der Waals surface area (Å²) in [6, 6.07) is 13.8. The smallest absolute Gasteiger partial charge is 0.123 e. The molecule has 2 aromatic carbocycles.